The Labute approximate surface area is 142 Å². The number of ether oxygens (including phenoxy) is 1. The van der Waals surface area contributed by atoms with E-state index in [9.17, 15) is 5.11 Å². The van der Waals surface area contributed by atoms with Crippen LogP contribution in [-0.4, -0.2) is 36.1 Å². The fraction of sp³-hybridized carbons (Fsp3) is 0.350. The third kappa shape index (κ3) is 2.47. The van der Waals surface area contributed by atoms with E-state index in [-0.39, 0.29) is 12.6 Å². The second-order valence-corrected chi connectivity index (χ2v) is 6.39. The standard InChI is InChI=1S/C20H22N2O2/c1-24-16-9-6-15(7-10-16)20-18-11-8-14-4-2-3-5-17(14)19(18)21-22(20)12-13-23/h2-7,9-10,18,20,23H,8,11-13H2,1H3/t18-,20-/m1/s1. The van der Waals surface area contributed by atoms with Crippen molar-refractivity contribution in [2.45, 2.75) is 18.9 Å². The predicted octanol–water partition coefficient (Wildman–Crippen LogP) is 3.01. The first-order chi connectivity index (χ1) is 11.8. The van der Waals surface area contributed by atoms with Gasteiger partial charge in [0.25, 0.3) is 0 Å². The molecule has 24 heavy (non-hydrogen) atoms. The van der Waals surface area contributed by atoms with Gasteiger partial charge in [-0.15, -0.1) is 0 Å². The number of aliphatic hydroxyl groups is 1. The van der Waals surface area contributed by atoms with E-state index in [4.69, 9.17) is 9.84 Å². The molecule has 2 aliphatic rings. The number of β-amino-alcohol motifs (C(OH)–C–C–N with tert-alkyl or cyclic N) is 1. The molecule has 4 rings (SSSR count). The van der Waals surface area contributed by atoms with Crippen LogP contribution in [0.1, 0.15) is 29.2 Å². The first-order valence-electron chi connectivity index (χ1n) is 8.50. The van der Waals surface area contributed by atoms with Gasteiger partial charge in [-0.3, -0.25) is 5.01 Å². The minimum atomic E-state index is 0.109. The second-order valence-electron chi connectivity index (χ2n) is 6.39. The third-order valence-corrected chi connectivity index (χ3v) is 5.09. The summed E-state index contributed by atoms with van der Waals surface area (Å²) in [5.74, 6) is 1.24. The van der Waals surface area contributed by atoms with Crippen molar-refractivity contribution < 1.29 is 9.84 Å². The molecule has 124 valence electrons. The number of aliphatic hydroxyl groups excluding tert-OH is 1. The number of nitrogens with zero attached hydrogens (tertiary/aromatic N) is 2. The number of hydrogen-bond acceptors (Lipinski definition) is 4. The molecule has 0 radical (unpaired) electrons. The Bertz CT molecular complexity index is 754. The van der Waals surface area contributed by atoms with Crippen LogP contribution in [0.25, 0.3) is 0 Å². The van der Waals surface area contributed by atoms with Gasteiger partial charge < -0.3 is 9.84 Å². The smallest absolute Gasteiger partial charge is 0.118 e. The molecular weight excluding hydrogens is 300 g/mol. The molecule has 4 nitrogen and oxygen atoms in total. The minimum absolute atomic E-state index is 0.109. The predicted molar refractivity (Wildman–Crippen MR) is 94.3 cm³/mol. The molecule has 0 unspecified atom stereocenters. The van der Waals surface area contributed by atoms with Gasteiger partial charge in [0, 0.05) is 11.5 Å². The van der Waals surface area contributed by atoms with Gasteiger partial charge in [0.15, 0.2) is 0 Å². The first-order valence-corrected chi connectivity index (χ1v) is 8.50. The first kappa shape index (κ1) is 15.2. The molecule has 0 amide bonds. The largest absolute Gasteiger partial charge is 0.497 e. The molecule has 4 heteroatoms. The number of benzene rings is 2. The molecule has 1 aliphatic heterocycles. The Hall–Kier alpha value is -2.33. The molecule has 1 aliphatic carbocycles. The maximum atomic E-state index is 9.47. The highest BCUT2D eigenvalue weighted by molar-refractivity contribution is 6.05. The van der Waals surface area contributed by atoms with E-state index in [1.165, 1.54) is 22.4 Å². The van der Waals surface area contributed by atoms with E-state index in [0.717, 1.165) is 18.6 Å². The van der Waals surface area contributed by atoms with Crippen LogP contribution >= 0.6 is 0 Å². The van der Waals surface area contributed by atoms with Gasteiger partial charge >= 0.3 is 0 Å². The van der Waals surface area contributed by atoms with Crippen molar-refractivity contribution in [3.8, 4) is 5.75 Å². The Kier molecular flexibility index (Phi) is 3.98. The van der Waals surface area contributed by atoms with Crippen molar-refractivity contribution in [2.24, 2.45) is 11.0 Å². The summed E-state index contributed by atoms with van der Waals surface area (Å²) in [6.07, 6.45) is 2.17. The van der Waals surface area contributed by atoms with Crippen molar-refractivity contribution >= 4 is 5.71 Å². The van der Waals surface area contributed by atoms with Crippen molar-refractivity contribution in [3.63, 3.8) is 0 Å². The molecule has 1 N–H and O–H groups in total. The molecule has 0 bridgehead atoms. The fourth-order valence-corrected chi connectivity index (χ4v) is 3.98. The van der Waals surface area contributed by atoms with Gasteiger partial charge in [-0.25, -0.2) is 0 Å². The zero-order chi connectivity index (χ0) is 16.5. The Morgan fingerprint density at radius 1 is 1.17 bits per heavy atom. The van der Waals surface area contributed by atoms with Crippen LogP contribution in [0, 0.1) is 5.92 Å². The van der Waals surface area contributed by atoms with Crippen molar-refractivity contribution in [1.29, 1.82) is 0 Å². The lowest BCUT2D eigenvalue weighted by Gasteiger charge is -2.30. The van der Waals surface area contributed by atoms with E-state index in [1.807, 2.05) is 12.1 Å². The number of fused-ring (bicyclic) bond motifs is 3. The summed E-state index contributed by atoms with van der Waals surface area (Å²) in [5, 5.41) is 16.4. The zero-order valence-electron chi connectivity index (χ0n) is 13.9. The number of methoxy groups -OCH3 is 1. The summed E-state index contributed by atoms with van der Waals surface area (Å²) in [7, 11) is 1.68. The molecule has 2 aromatic rings. The van der Waals surface area contributed by atoms with Crippen LogP contribution in [0.3, 0.4) is 0 Å². The van der Waals surface area contributed by atoms with Gasteiger partial charge in [-0.1, -0.05) is 36.4 Å². The van der Waals surface area contributed by atoms with Gasteiger partial charge in [0.1, 0.15) is 5.75 Å². The van der Waals surface area contributed by atoms with E-state index in [1.54, 1.807) is 7.11 Å². The molecule has 0 fully saturated rings. The number of aryl methyl sites for hydroxylation is 1. The van der Waals surface area contributed by atoms with Gasteiger partial charge in [-0.2, -0.15) is 5.10 Å². The lowest BCUT2D eigenvalue weighted by atomic mass is 9.77. The lowest BCUT2D eigenvalue weighted by molar-refractivity contribution is 0.152. The van der Waals surface area contributed by atoms with E-state index < -0.39 is 0 Å². The van der Waals surface area contributed by atoms with E-state index in [0.29, 0.717) is 12.5 Å². The SMILES string of the molecule is COc1ccc([C@@H]2[C@@H]3CCc4ccccc4C3=NN2CCO)cc1. The van der Waals surface area contributed by atoms with Crippen LogP contribution < -0.4 is 4.74 Å². The molecule has 2 aromatic carbocycles. The average Bonchev–Trinajstić information content (AvgIpc) is 3.00. The topological polar surface area (TPSA) is 45.1 Å². The number of hydrazone groups is 1. The number of hydrogen-bond donors (Lipinski definition) is 1. The number of rotatable bonds is 4. The molecule has 0 saturated carbocycles. The Balaban J connectivity index is 1.72. The summed E-state index contributed by atoms with van der Waals surface area (Å²) < 4.78 is 5.28. The summed E-state index contributed by atoms with van der Waals surface area (Å²) in [6, 6.07) is 17.0. The molecule has 2 atom stereocenters. The summed E-state index contributed by atoms with van der Waals surface area (Å²) in [4.78, 5) is 0. The lowest BCUT2D eigenvalue weighted by Crippen LogP contribution is -2.30. The Morgan fingerprint density at radius 3 is 2.71 bits per heavy atom. The zero-order valence-corrected chi connectivity index (χ0v) is 13.9. The van der Waals surface area contributed by atoms with Crippen LogP contribution in [0.2, 0.25) is 0 Å². The van der Waals surface area contributed by atoms with E-state index in [2.05, 4.69) is 41.4 Å². The van der Waals surface area contributed by atoms with Crippen LogP contribution in [0.4, 0.5) is 0 Å². The van der Waals surface area contributed by atoms with Crippen molar-refractivity contribution in [1.82, 2.24) is 5.01 Å². The van der Waals surface area contributed by atoms with Gasteiger partial charge in [-0.05, 0) is 36.1 Å². The Morgan fingerprint density at radius 2 is 1.96 bits per heavy atom. The maximum Gasteiger partial charge on any atom is 0.118 e. The molecule has 0 aromatic heterocycles. The molecule has 0 spiro atoms. The van der Waals surface area contributed by atoms with E-state index >= 15 is 0 Å². The second kappa shape index (κ2) is 6.29. The summed E-state index contributed by atoms with van der Waals surface area (Å²) in [6.45, 7) is 0.663. The van der Waals surface area contributed by atoms with Crippen LogP contribution in [0.15, 0.2) is 53.6 Å². The van der Waals surface area contributed by atoms with Crippen LogP contribution in [-0.2, 0) is 6.42 Å². The maximum absolute atomic E-state index is 9.47. The highest BCUT2D eigenvalue weighted by Crippen LogP contribution is 2.43. The average molecular weight is 322 g/mol. The third-order valence-electron chi connectivity index (χ3n) is 5.09. The van der Waals surface area contributed by atoms with Gasteiger partial charge in [0.2, 0.25) is 0 Å². The molecular formula is C20H22N2O2. The monoisotopic (exact) mass is 322 g/mol. The highest BCUT2D eigenvalue weighted by atomic mass is 16.5. The fourth-order valence-electron chi connectivity index (χ4n) is 3.98. The quantitative estimate of drug-likeness (QED) is 0.941. The van der Waals surface area contributed by atoms with Crippen molar-refractivity contribution in [2.75, 3.05) is 20.3 Å². The summed E-state index contributed by atoms with van der Waals surface area (Å²) in [5.41, 5.74) is 5.05. The van der Waals surface area contributed by atoms with Crippen LogP contribution in [0.5, 0.6) is 5.75 Å². The normalized spacial score (nSPS) is 21.9. The highest BCUT2D eigenvalue weighted by Gasteiger charge is 2.40. The minimum Gasteiger partial charge on any atom is -0.497 e. The summed E-state index contributed by atoms with van der Waals surface area (Å²) >= 11 is 0. The van der Waals surface area contributed by atoms with Gasteiger partial charge in [0.05, 0.1) is 32.0 Å². The van der Waals surface area contributed by atoms with Crippen molar-refractivity contribution in [3.05, 3.63) is 65.2 Å². The molecule has 0 saturated heterocycles. The molecule has 1 heterocycles.